The van der Waals surface area contributed by atoms with Crippen molar-refractivity contribution in [1.82, 2.24) is 0 Å². The molecule has 0 radical (unpaired) electrons. The molecule has 11 heteroatoms. The first-order valence-corrected chi connectivity index (χ1v) is 9.99. The van der Waals surface area contributed by atoms with Crippen molar-refractivity contribution in [3.63, 3.8) is 0 Å². The molecule has 0 fully saturated rings. The van der Waals surface area contributed by atoms with Crippen molar-refractivity contribution in [2.45, 2.75) is 11.8 Å². The Hall–Kier alpha value is -3.31. The van der Waals surface area contributed by atoms with Gasteiger partial charge in [0.25, 0.3) is 11.4 Å². The molecule has 0 saturated carbocycles. The number of nitrogens with zero attached hydrogens (tertiary/aromatic N) is 2. The van der Waals surface area contributed by atoms with Gasteiger partial charge >= 0.3 is 10.1 Å². The van der Waals surface area contributed by atoms with Crippen LogP contribution in [0.15, 0.2) is 58.8 Å². The Morgan fingerprint density at radius 2 is 1.75 bits per heavy atom. The van der Waals surface area contributed by atoms with Crippen LogP contribution in [0.25, 0.3) is 10.4 Å². The van der Waals surface area contributed by atoms with E-state index < -0.39 is 20.0 Å². The summed E-state index contributed by atoms with van der Waals surface area (Å²) in [5.74, 6) is -0.115. The molecule has 144 valence electrons. The molecule has 1 aromatic heterocycles. The summed E-state index contributed by atoms with van der Waals surface area (Å²) < 4.78 is 30.5. The van der Waals surface area contributed by atoms with Gasteiger partial charge in [-0.15, -0.1) is 11.3 Å². The van der Waals surface area contributed by atoms with Gasteiger partial charge in [-0.1, -0.05) is 12.1 Å². The van der Waals surface area contributed by atoms with Crippen LogP contribution in [-0.4, -0.2) is 18.3 Å². The van der Waals surface area contributed by atoms with E-state index in [0.717, 1.165) is 12.1 Å². The third-order valence-electron chi connectivity index (χ3n) is 3.83. The van der Waals surface area contributed by atoms with Crippen LogP contribution in [0.1, 0.15) is 5.56 Å². The Bertz CT molecular complexity index is 1170. The maximum absolute atomic E-state index is 12.7. The summed E-state index contributed by atoms with van der Waals surface area (Å²) in [5, 5.41) is 23.9. The number of nitro groups is 2. The molecular weight excluding hydrogens is 408 g/mol. The molecule has 0 aliphatic heterocycles. The maximum atomic E-state index is 12.7. The van der Waals surface area contributed by atoms with Crippen molar-refractivity contribution in [3.8, 4) is 16.2 Å². The molecule has 0 saturated heterocycles. The Kier molecular flexibility index (Phi) is 5.12. The van der Waals surface area contributed by atoms with Crippen molar-refractivity contribution in [2.75, 3.05) is 0 Å². The summed E-state index contributed by atoms with van der Waals surface area (Å²) in [6.45, 7) is 1.49. The molecular formula is C17H12N2O7S2. The van der Waals surface area contributed by atoms with E-state index >= 15 is 0 Å². The number of hydrogen-bond donors (Lipinski definition) is 0. The summed E-state index contributed by atoms with van der Waals surface area (Å²) in [5.41, 5.74) is -0.0427. The standard InChI is InChI=1S/C17H12N2O7S2/c1-11-4-6-13(10-15(11)19(22)23)28(24,25)26-16-7-5-12(18(20)21)9-14(16)17-3-2-8-27-17/h2-10H,1H3. The second kappa shape index (κ2) is 7.37. The van der Waals surface area contributed by atoms with Crippen LogP contribution in [0.3, 0.4) is 0 Å². The first kappa shape index (κ1) is 19.5. The molecule has 0 spiro atoms. The highest BCUT2D eigenvalue weighted by atomic mass is 32.2. The van der Waals surface area contributed by atoms with Gasteiger partial charge in [-0.3, -0.25) is 20.2 Å². The van der Waals surface area contributed by atoms with Crippen molar-refractivity contribution < 1.29 is 22.4 Å². The SMILES string of the molecule is Cc1ccc(S(=O)(=O)Oc2ccc([N+](=O)[O-])cc2-c2cccs2)cc1[N+](=O)[O-]. The van der Waals surface area contributed by atoms with Gasteiger partial charge < -0.3 is 4.18 Å². The number of rotatable bonds is 6. The van der Waals surface area contributed by atoms with E-state index in [2.05, 4.69) is 0 Å². The Morgan fingerprint density at radius 1 is 1.00 bits per heavy atom. The zero-order valence-electron chi connectivity index (χ0n) is 14.3. The normalized spacial score (nSPS) is 11.2. The minimum absolute atomic E-state index is 0.115. The molecule has 9 nitrogen and oxygen atoms in total. The lowest BCUT2D eigenvalue weighted by Crippen LogP contribution is -2.11. The molecule has 1 heterocycles. The predicted octanol–water partition coefficient (Wildman–Crippen LogP) is 4.31. The molecule has 2 aromatic carbocycles. The van der Waals surface area contributed by atoms with Crippen LogP contribution >= 0.6 is 11.3 Å². The molecule has 0 unspecified atom stereocenters. The zero-order chi connectivity index (χ0) is 20.5. The summed E-state index contributed by atoms with van der Waals surface area (Å²) in [6.07, 6.45) is 0. The smallest absolute Gasteiger partial charge is 0.339 e. The molecule has 3 aromatic rings. The van der Waals surface area contributed by atoms with E-state index in [9.17, 15) is 28.6 Å². The summed E-state index contributed by atoms with van der Waals surface area (Å²) >= 11 is 1.25. The highest BCUT2D eigenvalue weighted by Crippen LogP contribution is 2.37. The highest BCUT2D eigenvalue weighted by Gasteiger charge is 2.24. The van der Waals surface area contributed by atoms with Crippen LogP contribution in [0.5, 0.6) is 5.75 Å². The van der Waals surface area contributed by atoms with Crippen molar-refractivity contribution in [3.05, 3.63) is 79.7 Å². The van der Waals surface area contributed by atoms with Crippen molar-refractivity contribution in [1.29, 1.82) is 0 Å². The second-order valence-electron chi connectivity index (χ2n) is 5.66. The fraction of sp³-hybridized carbons (Fsp3) is 0.0588. The topological polar surface area (TPSA) is 130 Å². The molecule has 0 N–H and O–H groups in total. The van der Waals surface area contributed by atoms with E-state index in [0.29, 0.717) is 10.4 Å². The largest absolute Gasteiger partial charge is 0.378 e. The number of thiophene rings is 1. The van der Waals surface area contributed by atoms with Gasteiger partial charge in [-0.25, -0.2) is 0 Å². The van der Waals surface area contributed by atoms with E-state index in [-0.39, 0.29) is 27.6 Å². The second-order valence-corrected chi connectivity index (χ2v) is 8.15. The van der Waals surface area contributed by atoms with E-state index in [1.54, 1.807) is 17.5 Å². The van der Waals surface area contributed by atoms with Crippen LogP contribution in [0.2, 0.25) is 0 Å². The average molecular weight is 420 g/mol. The van der Waals surface area contributed by atoms with Crippen LogP contribution in [0, 0.1) is 27.2 Å². The number of non-ortho nitro benzene ring substituents is 1. The van der Waals surface area contributed by atoms with Gasteiger partial charge in [0, 0.05) is 34.2 Å². The molecule has 28 heavy (non-hydrogen) atoms. The summed E-state index contributed by atoms with van der Waals surface area (Å²) in [6, 6.07) is 10.3. The molecule has 0 aliphatic carbocycles. The molecule has 3 rings (SSSR count). The lowest BCUT2D eigenvalue weighted by Gasteiger charge is -2.11. The Labute approximate surface area is 163 Å². The quantitative estimate of drug-likeness (QED) is 0.330. The van der Waals surface area contributed by atoms with E-state index in [1.165, 1.54) is 42.5 Å². The van der Waals surface area contributed by atoms with Crippen molar-refractivity contribution >= 4 is 32.8 Å². The summed E-state index contributed by atoms with van der Waals surface area (Å²) in [7, 11) is -4.40. The maximum Gasteiger partial charge on any atom is 0.339 e. The van der Waals surface area contributed by atoms with Gasteiger partial charge in [-0.2, -0.15) is 8.42 Å². The van der Waals surface area contributed by atoms with Crippen LogP contribution < -0.4 is 4.18 Å². The average Bonchev–Trinajstić information content (AvgIpc) is 3.16. The highest BCUT2D eigenvalue weighted by molar-refractivity contribution is 7.87. The lowest BCUT2D eigenvalue weighted by molar-refractivity contribution is -0.385. The Morgan fingerprint density at radius 3 is 2.36 bits per heavy atom. The molecule has 0 amide bonds. The Balaban J connectivity index is 2.07. The van der Waals surface area contributed by atoms with Crippen LogP contribution in [0.4, 0.5) is 11.4 Å². The third-order valence-corrected chi connectivity index (χ3v) is 5.96. The number of nitro benzene ring substituents is 2. The molecule has 0 atom stereocenters. The number of aryl methyl sites for hydroxylation is 1. The minimum Gasteiger partial charge on any atom is -0.378 e. The van der Waals surface area contributed by atoms with Crippen molar-refractivity contribution in [2.24, 2.45) is 0 Å². The third kappa shape index (κ3) is 3.85. The lowest BCUT2D eigenvalue weighted by atomic mass is 10.1. The van der Waals surface area contributed by atoms with Crippen LogP contribution in [-0.2, 0) is 10.1 Å². The van der Waals surface area contributed by atoms with E-state index in [4.69, 9.17) is 4.18 Å². The zero-order valence-corrected chi connectivity index (χ0v) is 15.9. The fourth-order valence-corrected chi connectivity index (χ4v) is 4.15. The summed E-state index contributed by atoms with van der Waals surface area (Å²) in [4.78, 5) is 21.0. The molecule has 0 bridgehead atoms. The fourth-order valence-electron chi connectivity index (χ4n) is 2.44. The van der Waals surface area contributed by atoms with Gasteiger partial charge in [0.15, 0.2) is 5.75 Å². The monoisotopic (exact) mass is 420 g/mol. The van der Waals surface area contributed by atoms with Gasteiger partial charge in [-0.05, 0) is 30.5 Å². The molecule has 0 aliphatic rings. The first-order chi connectivity index (χ1) is 13.2. The number of benzene rings is 2. The van der Waals surface area contributed by atoms with Gasteiger partial charge in [0.2, 0.25) is 0 Å². The number of hydrogen-bond acceptors (Lipinski definition) is 8. The first-order valence-electron chi connectivity index (χ1n) is 7.71. The predicted molar refractivity (Wildman–Crippen MR) is 102 cm³/mol. The van der Waals surface area contributed by atoms with Gasteiger partial charge in [0.1, 0.15) is 4.90 Å². The van der Waals surface area contributed by atoms with Gasteiger partial charge in [0.05, 0.1) is 9.85 Å². The minimum atomic E-state index is -4.40. The van der Waals surface area contributed by atoms with E-state index in [1.807, 2.05) is 0 Å².